The number of hydrogen-bond donors (Lipinski definition) is 0. The van der Waals surface area contributed by atoms with E-state index in [1.165, 1.54) is 6.26 Å². The molecule has 0 aliphatic heterocycles. The molecule has 0 radical (unpaired) electrons. The molecular formula is C17H19F5O6. The first-order valence-electron chi connectivity index (χ1n) is 8.08. The third kappa shape index (κ3) is 7.79. The third-order valence-corrected chi connectivity index (χ3v) is 3.04. The summed E-state index contributed by atoms with van der Waals surface area (Å²) in [6.07, 6.45) is 0.835. The van der Waals surface area contributed by atoms with Crippen LogP contribution in [0.3, 0.4) is 0 Å². The summed E-state index contributed by atoms with van der Waals surface area (Å²) >= 11 is 0. The average Bonchev–Trinajstić information content (AvgIpc) is 2.69. The van der Waals surface area contributed by atoms with Gasteiger partial charge in [0.15, 0.2) is 0 Å². The van der Waals surface area contributed by atoms with Crippen LogP contribution in [0, 0.1) is 29.1 Å². The van der Waals surface area contributed by atoms with Crippen LogP contribution < -0.4 is 4.74 Å². The van der Waals surface area contributed by atoms with Crippen molar-refractivity contribution in [2.24, 2.45) is 0 Å². The second-order valence-electron chi connectivity index (χ2n) is 5.00. The topological polar surface area (TPSA) is 63.2 Å². The van der Waals surface area contributed by atoms with Crippen LogP contribution in [-0.4, -0.2) is 52.2 Å². The van der Waals surface area contributed by atoms with E-state index in [2.05, 4.69) is 11.3 Å². The van der Waals surface area contributed by atoms with Gasteiger partial charge < -0.3 is 23.7 Å². The summed E-state index contributed by atoms with van der Waals surface area (Å²) in [5.74, 6) is -14.1. The minimum Gasteiger partial charge on any atom is -0.499 e. The molecule has 0 heterocycles. The molecule has 0 aliphatic rings. The molecule has 28 heavy (non-hydrogen) atoms. The van der Waals surface area contributed by atoms with Crippen LogP contribution in [0.2, 0.25) is 0 Å². The zero-order chi connectivity index (χ0) is 20.9. The molecule has 6 nitrogen and oxygen atoms in total. The summed E-state index contributed by atoms with van der Waals surface area (Å²) in [5.41, 5.74) is 0. The maximum atomic E-state index is 13.4. The predicted octanol–water partition coefficient (Wildman–Crippen LogP) is 2.89. The van der Waals surface area contributed by atoms with Gasteiger partial charge in [-0.3, -0.25) is 4.79 Å². The summed E-state index contributed by atoms with van der Waals surface area (Å²) in [6, 6.07) is 0. The molecule has 0 bridgehead atoms. The molecule has 1 aromatic rings. The van der Waals surface area contributed by atoms with Gasteiger partial charge in [0.25, 0.3) is 0 Å². The monoisotopic (exact) mass is 414 g/mol. The van der Waals surface area contributed by atoms with E-state index in [4.69, 9.17) is 18.9 Å². The van der Waals surface area contributed by atoms with E-state index in [1.807, 2.05) is 0 Å². The zero-order valence-corrected chi connectivity index (χ0v) is 14.8. The van der Waals surface area contributed by atoms with Crippen LogP contribution in [0.5, 0.6) is 5.75 Å². The van der Waals surface area contributed by atoms with Gasteiger partial charge in [-0.15, -0.1) is 0 Å². The molecule has 1 aromatic carbocycles. The van der Waals surface area contributed by atoms with Crippen molar-refractivity contribution in [3.05, 3.63) is 41.9 Å². The van der Waals surface area contributed by atoms with Crippen LogP contribution in [0.25, 0.3) is 0 Å². The molecular weight excluding hydrogens is 395 g/mol. The van der Waals surface area contributed by atoms with Crippen molar-refractivity contribution < 1.29 is 50.4 Å². The van der Waals surface area contributed by atoms with E-state index < -0.39 is 47.2 Å². The molecule has 158 valence electrons. The number of rotatable bonds is 14. The molecule has 0 aromatic heterocycles. The third-order valence-electron chi connectivity index (χ3n) is 3.04. The highest BCUT2D eigenvalue weighted by molar-refractivity contribution is 5.72. The molecule has 0 unspecified atom stereocenters. The normalized spacial score (nSPS) is 10.8. The van der Waals surface area contributed by atoms with E-state index in [-0.39, 0.29) is 19.8 Å². The quantitative estimate of drug-likeness (QED) is 0.0888. The van der Waals surface area contributed by atoms with Crippen LogP contribution >= 0.6 is 0 Å². The maximum Gasteiger partial charge on any atom is 0.313 e. The summed E-state index contributed by atoms with van der Waals surface area (Å²) in [7, 11) is 0. The van der Waals surface area contributed by atoms with Crippen LogP contribution in [0.1, 0.15) is 6.42 Å². The van der Waals surface area contributed by atoms with Gasteiger partial charge in [-0.25, -0.2) is 13.2 Å². The van der Waals surface area contributed by atoms with E-state index in [9.17, 15) is 26.7 Å². The fraction of sp³-hybridized carbons (Fsp3) is 0.471. The van der Waals surface area contributed by atoms with Crippen molar-refractivity contribution in [3.63, 3.8) is 0 Å². The Morgan fingerprint density at radius 2 is 1.14 bits per heavy atom. The number of ether oxygens (including phenoxy) is 5. The van der Waals surface area contributed by atoms with Gasteiger partial charge in [0, 0.05) is 0 Å². The van der Waals surface area contributed by atoms with Crippen molar-refractivity contribution in [3.8, 4) is 5.75 Å². The van der Waals surface area contributed by atoms with E-state index >= 15 is 0 Å². The highest BCUT2D eigenvalue weighted by Gasteiger charge is 2.28. The number of hydrogen-bond acceptors (Lipinski definition) is 6. The zero-order valence-electron chi connectivity index (χ0n) is 14.8. The Hall–Kier alpha value is -2.24. The van der Waals surface area contributed by atoms with Crippen molar-refractivity contribution in [2.45, 2.75) is 6.42 Å². The number of carbonyl (C=O) groups excluding carboxylic acids is 1. The largest absolute Gasteiger partial charge is 0.499 e. The van der Waals surface area contributed by atoms with Crippen LogP contribution in [0.4, 0.5) is 22.0 Å². The van der Waals surface area contributed by atoms with Crippen molar-refractivity contribution in [1.29, 1.82) is 0 Å². The lowest BCUT2D eigenvalue weighted by Crippen LogP contribution is -2.16. The first-order valence-corrected chi connectivity index (χ1v) is 8.08. The molecule has 0 amide bonds. The Morgan fingerprint density at radius 3 is 1.64 bits per heavy atom. The lowest BCUT2D eigenvalue weighted by atomic mass is 10.2. The van der Waals surface area contributed by atoms with Gasteiger partial charge in [-0.05, 0) is 0 Å². The van der Waals surface area contributed by atoms with Gasteiger partial charge in [0.2, 0.25) is 34.8 Å². The molecule has 0 spiro atoms. The lowest BCUT2D eigenvalue weighted by Gasteiger charge is -2.09. The smallest absolute Gasteiger partial charge is 0.313 e. The SMILES string of the molecule is C=COCCOCCOCCOCCC(=O)Oc1c(F)c(F)c(F)c(F)c1F. The molecule has 0 N–H and O–H groups in total. The molecule has 11 heteroatoms. The number of halogens is 5. The molecule has 0 saturated carbocycles. The van der Waals surface area contributed by atoms with E-state index in [1.54, 1.807) is 0 Å². The lowest BCUT2D eigenvalue weighted by molar-refractivity contribution is -0.136. The average molecular weight is 414 g/mol. The van der Waals surface area contributed by atoms with Crippen molar-refractivity contribution >= 4 is 5.97 Å². The van der Waals surface area contributed by atoms with Crippen LogP contribution in [-0.2, 0) is 23.7 Å². The Kier molecular flexibility index (Phi) is 11.1. The predicted molar refractivity (Wildman–Crippen MR) is 85.1 cm³/mol. The van der Waals surface area contributed by atoms with E-state index in [0.717, 1.165) is 0 Å². The first kappa shape index (κ1) is 23.8. The van der Waals surface area contributed by atoms with Gasteiger partial charge in [-0.1, -0.05) is 6.58 Å². The van der Waals surface area contributed by atoms with Gasteiger partial charge in [-0.2, -0.15) is 8.78 Å². The summed E-state index contributed by atoms with van der Waals surface area (Å²) in [6.45, 7) is 4.89. The Labute approximate surface area is 157 Å². The van der Waals surface area contributed by atoms with Gasteiger partial charge >= 0.3 is 5.97 Å². The standard InChI is InChI=1S/C17H19F5O6/c1-2-24-5-6-26-9-10-27-8-7-25-4-3-11(23)28-17-15(21)13(19)12(18)14(20)16(17)22/h2H,1,3-10H2. The summed E-state index contributed by atoms with van der Waals surface area (Å²) in [5, 5.41) is 0. The molecule has 0 atom stereocenters. The Morgan fingerprint density at radius 1 is 0.714 bits per heavy atom. The second-order valence-corrected chi connectivity index (χ2v) is 5.00. The number of esters is 1. The van der Waals surface area contributed by atoms with Gasteiger partial charge in [0.1, 0.15) is 6.61 Å². The molecule has 0 aliphatic carbocycles. The highest BCUT2D eigenvalue weighted by Crippen LogP contribution is 2.29. The summed E-state index contributed by atoms with van der Waals surface area (Å²) < 4.78 is 90.0. The highest BCUT2D eigenvalue weighted by atomic mass is 19.2. The second kappa shape index (κ2) is 13.0. The molecule has 0 fully saturated rings. The minimum atomic E-state index is -2.34. The Balaban J connectivity index is 2.18. The molecule has 1 rings (SSSR count). The van der Waals surface area contributed by atoms with Crippen LogP contribution in [0.15, 0.2) is 12.8 Å². The number of carbonyl (C=O) groups is 1. The van der Waals surface area contributed by atoms with Crippen molar-refractivity contribution in [2.75, 3.05) is 46.2 Å². The molecule has 0 saturated heterocycles. The number of benzene rings is 1. The maximum absolute atomic E-state index is 13.4. The summed E-state index contributed by atoms with van der Waals surface area (Å²) in [4.78, 5) is 11.5. The van der Waals surface area contributed by atoms with Gasteiger partial charge in [0.05, 0.1) is 52.3 Å². The Bertz CT molecular complexity index is 626. The van der Waals surface area contributed by atoms with E-state index in [0.29, 0.717) is 26.4 Å². The fourth-order valence-electron chi connectivity index (χ4n) is 1.73. The first-order chi connectivity index (χ1) is 13.4. The van der Waals surface area contributed by atoms with Crippen molar-refractivity contribution in [1.82, 2.24) is 0 Å². The minimum absolute atomic E-state index is 0.107. The fourth-order valence-corrected chi connectivity index (χ4v) is 1.73.